The van der Waals surface area contributed by atoms with Gasteiger partial charge in [0.2, 0.25) is 5.91 Å². The van der Waals surface area contributed by atoms with Gasteiger partial charge in [0, 0.05) is 24.3 Å². The Balaban J connectivity index is 2.20. The number of esters is 1. The lowest BCUT2D eigenvalue weighted by molar-refractivity contribution is -0.147. The molecule has 0 spiro atoms. The van der Waals surface area contributed by atoms with Crippen LogP contribution >= 0.6 is 0 Å². The summed E-state index contributed by atoms with van der Waals surface area (Å²) in [5.74, 6) is -0.750. The van der Waals surface area contributed by atoms with Gasteiger partial charge in [-0.15, -0.1) is 0 Å². The molecule has 0 bridgehead atoms. The van der Waals surface area contributed by atoms with Gasteiger partial charge in [0.25, 0.3) is 0 Å². The highest BCUT2D eigenvalue weighted by Gasteiger charge is 2.36. The number of benzene rings is 1. The van der Waals surface area contributed by atoms with Crippen LogP contribution in [0.4, 0.5) is 11.4 Å². The van der Waals surface area contributed by atoms with E-state index in [1.165, 1.54) is 0 Å². The number of amides is 1. The summed E-state index contributed by atoms with van der Waals surface area (Å²) >= 11 is 0. The van der Waals surface area contributed by atoms with E-state index >= 15 is 0 Å². The number of hydrogen-bond donors (Lipinski definition) is 1. The van der Waals surface area contributed by atoms with Crippen molar-refractivity contribution in [3.8, 4) is 0 Å². The average molecular weight is 262 g/mol. The number of ether oxygens (including phenoxy) is 1. The lowest BCUT2D eigenvalue weighted by atomic mass is 10.1. The predicted octanol–water partition coefficient (Wildman–Crippen LogP) is 1.49. The van der Waals surface area contributed by atoms with E-state index in [0.717, 1.165) is 11.3 Å². The third kappa shape index (κ3) is 2.70. The molecule has 102 valence electrons. The van der Waals surface area contributed by atoms with Crippen LogP contribution in [0.3, 0.4) is 0 Å². The number of nitrogen functional groups attached to an aromatic ring is 1. The molecule has 0 radical (unpaired) electrons. The molecular formula is C14H18N2O3. The van der Waals surface area contributed by atoms with Crippen molar-refractivity contribution in [1.29, 1.82) is 0 Å². The third-order valence-electron chi connectivity index (χ3n) is 3.27. The Bertz CT molecular complexity index is 513. The summed E-state index contributed by atoms with van der Waals surface area (Å²) in [6.07, 6.45) is 0.201. The fourth-order valence-corrected chi connectivity index (χ4v) is 2.28. The van der Waals surface area contributed by atoms with E-state index in [1.54, 1.807) is 24.0 Å². The largest absolute Gasteiger partial charge is 0.466 e. The van der Waals surface area contributed by atoms with Crippen molar-refractivity contribution in [2.24, 2.45) is 5.92 Å². The molecular weight excluding hydrogens is 244 g/mol. The number of nitrogens with zero attached hydrogens (tertiary/aromatic N) is 1. The lowest BCUT2D eigenvalue weighted by Crippen LogP contribution is -2.27. The molecule has 1 heterocycles. The van der Waals surface area contributed by atoms with Crippen molar-refractivity contribution in [2.75, 3.05) is 23.8 Å². The van der Waals surface area contributed by atoms with Crippen LogP contribution in [-0.4, -0.2) is 25.0 Å². The minimum Gasteiger partial charge on any atom is -0.466 e. The molecule has 0 saturated carbocycles. The van der Waals surface area contributed by atoms with Crippen molar-refractivity contribution in [3.63, 3.8) is 0 Å². The highest BCUT2D eigenvalue weighted by Crippen LogP contribution is 2.29. The first kappa shape index (κ1) is 13.4. The van der Waals surface area contributed by atoms with Crippen LogP contribution in [0.15, 0.2) is 18.2 Å². The first-order valence-electron chi connectivity index (χ1n) is 6.36. The number of carbonyl (C=O) groups is 2. The van der Waals surface area contributed by atoms with Crippen molar-refractivity contribution in [2.45, 2.75) is 20.3 Å². The summed E-state index contributed by atoms with van der Waals surface area (Å²) in [6, 6.07) is 5.43. The van der Waals surface area contributed by atoms with Crippen molar-refractivity contribution < 1.29 is 14.3 Å². The first-order valence-corrected chi connectivity index (χ1v) is 6.36. The fourth-order valence-electron chi connectivity index (χ4n) is 2.28. The zero-order valence-electron chi connectivity index (χ0n) is 11.2. The Hall–Kier alpha value is -2.04. The molecule has 5 nitrogen and oxygen atoms in total. The quantitative estimate of drug-likeness (QED) is 0.661. The summed E-state index contributed by atoms with van der Waals surface area (Å²) in [6.45, 7) is 4.37. The number of aryl methyl sites for hydroxylation is 1. The Morgan fingerprint density at radius 3 is 2.95 bits per heavy atom. The van der Waals surface area contributed by atoms with Gasteiger partial charge in [-0.25, -0.2) is 0 Å². The van der Waals surface area contributed by atoms with E-state index in [9.17, 15) is 9.59 Å². The van der Waals surface area contributed by atoms with Crippen LogP contribution in [0, 0.1) is 12.8 Å². The third-order valence-corrected chi connectivity index (χ3v) is 3.27. The summed E-state index contributed by atoms with van der Waals surface area (Å²) in [4.78, 5) is 25.3. The highest BCUT2D eigenvalue weighted by atomic mass is 16.5. The van der Waals surface area contributed by atoms with E-state index in [-0.39, 0.29) is 24.2 Å². The molecule has 1 saturated heterocycles. The highest BCUT2D eigenvalue weighted by molar-refractivity contribution is 6.00. The van der Waals surface area contributed by atoms with Crippen LogP contribution < -0.4 is 10.6 Å². The van der Waals surface area contributed by atoms with E-state index in [0.29, 0.717) is 18.8 Å². The zero-order chi connectivity index (χ0) is 14.0. The normalized spacial score (nSPS) is 18.7. The van der Waals surface area contributed by atoms with E-state index in [1.807, 2.05) is 13.0 Å². The van der Waals surface area contributed by atoms with Crippen LogP contribution in [0.1, 0.15) is 18.9 Å². The average Bonchev–Trinajstić information content (AvgIpc) is 2.75. The van der Waals surface area contributed by atoms with Gasteiger partial charge >= 0.3 is 5.97 Å². The van der Waals surface area contributed by atoms with Crippen molar-refractivity contribution >= 4 is 23.3 Å². The van der Waals surface area contributed by atoms with E-state index in [2.05, 4.69) is 0 Å². The summed E-state index contributed by atoms with van der Waals surface area (Å²) in [7, 11) is 0. The molecule has 1 aromatic rings. The van der Waals surface area contributed by atoms with Crippen molar-refractivity contribution in [1.82, 2.24) is 0 Å². The molecule has 2 rings (SSSR count). The number of carbonyl (C=O) groups excluding carboxylic acids is 2. The van der Waals surface area contributed by atoms with E-state index < -0.39 is 0 Å². The fraction of sp³-hybridized carbons (Fsp3) is 0.429. The van der Waals surface area contributed by atoms with Gasteiger partial charge in [-0.3, -0.25) is 9.59 Å². The molecule has 0 aromatic heterocycles. The molecule has 19 heavy (non-hydrogen) atoms. The Morgan fingerprint density at radius 1 is 1.53 bits per heavy atom. The molecule has 2 N–H and O–H groups in total. The number of rotatable bonds is 3. The molecule has 1 aliphatic rings. The standard InChI is InChI=1S/C14H18N2O3/c1-3-19-14(18)10-6-13(17)16(8-10)12-7-11(15)5-4-9(12)2/h4-5,7,10H,3,6,8,15H2,1-2H3/t10-/m1/s1. The smallest absolute Gasteiger partial charge is 0.311 e. The first-order chi connectivity index (χ1) is 9.02. The maximum Gasteiger partial charge on any atom is 0.311 e. The Morgan fingerprint density at radius 2 is 2.26 bits per heavy atom. The molecule has 1 amide bonds. The summed E-state index contributed by atoms with van der Waals surface area (Å²) in [5.41, 5.74) is 8.10. The predicted molar refractivity (Wildman–Crippen MR) is 72.7 cm³/mol. The minimum absolute atomic E-state index is 0.0632. The number of nitrogens with two attached hydrogens (primary N) is 1. The molecule has 5 heteroatoms. The van der Waals surface area contributed by atoms with Gasteiger partial charge in [0.15, 0.2) is 0 Å². The van der Waals surface area contributed by atoms with Gasteiger partial charge in [-0.2, -0.15) is 0 Å². The molecule has 1 atom stereocenters. The van der Waals surface area contributed by atoms with Crippen LogP contribution in [-0.2, 0) is 14.3 Å². The van der Waals surface area contributed by atoms with Gasteiger partial charge in [0.1, 0.15) is 0 Å². The summed E-state index contributed by atoms with van der Waals surface area (Å²) in [5, 5.41) is 0. The monoisotopic (exact) mass is 262 g/mol. The van der Waals surface area contributed by atoms with Gasteiger partial charge < -0.3 is 15.4 Å². The molecule has 0 unspecified atom stereocenters. The second-order valence-electron chi connectivity index (χ2n) is 4.70. The second kappa shape index (κ2) is 5.30. The molecule has 1 fully saturated rings. The van der Waals surface area contributed by atoms with Crippen LogP contribution in [0.25, 0.3) is 0 Å². The summed E-state index contributed by atoms with van der Waals surface area (Å²) < 4.78 is 4.97. The minimum atomic E-state index is -0.381. The molecule has 1 aromatic carbocycles. The van der Waals surface area contributed by atoms with Crippen molar-refractivity contribution in [3.05, 3.63) is 23.8 Å². The van der Waals surface area contributed by atoms with E-state index in [4.69, 9.17) is 10.5 Å². The molecule has 1 aliphatic heterocycles. The van der Waals surface area contributed by atoms with Crippen LogP contribution in [0.5, 0.6) is 0 Å². The topological polar surface area (TPSA) is 72.6 Å². The maximum atomic E-state index is 12.0. The zero-order valence-corrected chi connectivity index (χ0v) is 11.2. The second-order valence-corrected chi connectivity index (χ2v) is 4.70. The Kier molecular flexibility index (Phi) is 3.74. The van der Waals surface area contributed by atoms with Gasteiger partial charge in [-0.05, 0) is 31.5 Å². The lowest BCUT2D eigenvalue weighted by Gasteiger charge is -2.19. The number of anilines is 2. The van der Waals surface area contributed by atoms with Gasteiger partial charge in [-0.1, -0.05) is 6.07 Å². The Labute approximate surface area is 112 Å². The SMILES string of the molecule is CCOC(=O)[C@@H]1CC(=O)N(c2cc(N)ccc2C)C1. The van der Waals surface area contributed by atoms with Crippen LogP contribution in [0.2, 0.25) is 0 Å². The molecule has 0 aliphatic carbocycles. The maximum absolute atomic E-state index is 12.0. The number of hydrogen-bond acceptors (Lipinski definition) is 4. The van der Waals surface area contributed by atoms with Gasteiger partial charge in [0.05, 0.1) is 12.5 Å².